The molecule has 4 rings (SSSR count). The van der Waals surface area contributed by atoms with E-state index in [-0.39, 0.29) is 4.91 Å². The van der Waals surface area contributed by atoms with Gasteiger partial charge in [-0.3, -0.25) is 19.3 Å². The highest BCUT2D eigenvalue weighted by molar-refractivity contribution is 14.1. The van der Waals surface area contributed by atoms with Gasteiger partial charge in [0.25, 0.3) is 11.1 Å². The van der Waals surface area contributed by atoms with Gasteiger partial charge in [0.2, 0.25) is 5.91 Å². The Labute approximate surface area is 240 Å². The van der Waals surface area contributed by atoms with E-state index in [9.17, 15) is 27.6 Å². The van der Waals surface area contributed by atoms with Crippen molar-refractivity contribution in [2.75, 3.05) is 11.9 Å². The molecular formula is C25H15F3I2N2O4S. The second-order valence-electron chi connectivity index (χ2n) is 7.63. The van der Waals surface area contributed by atoms with Crippen LogP contribution in [-0.2, 0) is 16.2 Å². The molecule has 3 aromatic rings. The molecule has 3 amide bonds. The maximum atomic E-state index is 13.8. The minimum absolute atomic E-state index is 0.0985. The molecule has 1 heterocycles. The van der Waals surface area contributed by atoms with Crippen LogP contribution in [0.15, 0.2) is 59.5 Å². The summed E-state index contributed by atoms with van der Waals surface area (Å²) in [5.74, 6) is -5.69. The van der Waals surface area contributed by atoms with Crippen LogP contribution >= 0.6 is 56.9 Å². The maximum absolute atomic E-state index is 13.8. The Kier molecular flexibility index (Phi) is 8.79. The van der Waals surface area contributed by atoms with Gasteiger partial charge in [-0.05, 0) is 98.4 Å². The minimum Gasteiger partial charge on any atom is -0.487 e. The van der Waals surface area contributed by atoms with Crippen molar-refractivity contribution >= 4 is 85.8 Å². The first-order valence-electron chi connectivity index (χ1n) is 10.5. The van der Waals surface area contributed by atoms with E-state index >= 15 is 0 Å². The van der Waals surface area contributed by atoms with Crippen LogP contribution in [0.25, 0.3) is 6.08 Å². The molecule has 1 N–H and O–H groups in total. The van der Waals surface area contributed by atoms with E-state index in [2.05, 4.69) is 45.2 Å². The molecule has 0 spiro atoms. The Bertz CT molecular complexity index is 1410. The smallest absolute Gasteiger partial charge is 0.294 e. The number of nitrogens with one attached hydrogen (secondary N) is 1. The number of benzene rings is 3. The maximum Gasteiger partial charge on any atom is 0.294 e. The van der Waals surface area contributed by atoms with Gasteiger partial charge in [0.1, 0.15) is 18.9 Å². The fourth-order valence-electron chi connectivity index (χ4n) is 3.27. The SMILES string of the molecule is O=C(CN1C(=O)S/C(=C/c2cc(I)c(OCc3ccccc3)c(I)c2)C1=O)Nc1ccc(F)c(F)c1F. The average molecular weight is 750 g/mol. The van der Waals surface area contributed by atoms with Crippen molar-refractivity contribution in [3.8, 4) is 5.75 Å². The van der Waals surface area contributed by atoms with Gasteiger partial charge in [-0.1, -0.05) is 30.3 Å². The molecule has 0 aliphatic carbocycles. The summed E-state index contributed by atoms with van der Waals surface area (Å²) in [5.41, 5.74) is 1.06. The monoisotopic (exact) mass is 750 g/mol. The zero-order valence-electron chi connectivity index (χ0n) is 18.6. The Morgan fingerprint density at radius 1 is 1.00 bits per heavy atom. The molecule has 1 saturated heterocycles. The Balaban J connectivity index is 1.45. The predicted octanol–water partition coefficient (Wildman–Crippen LogP) is 6.57. The average Bonchev–Trinajstić information content (AvgIpc) is 3.11. The third-order valence-corrected chi connectivity index (χ3v) is 7.54. The second kappa shape index (κ2) is 11.9. The van der Waals surface area contributed by atoms with E-state index in [0.29, 0.717) is 40.6 Å². The summed E-state index contributed by atoms with van der Waals surface area (Å²) in [6.07, 6.45) is 1.53. The number of carbonyl (C=O) groups is 3. The number of thioether (sulfide) groups is 1. The summed E-state index contributed by atoms with van der Waals surface area (Å²) in [6, 6.07) is 14.8. The lowest BCUT2D eigenvalue weighted by atomic mass is 10.2. The Morgan fingerprint density at radius 2 is 1.68 bits per heavy atom. The summed E-state index contributed by atoms with van der Waals surface area (Å²) in [6.45, 7) is -0.330. The summed E-state index contributed by atoms with van der Waals surface area (Å²) in [5, 5.41) is 1.35. The minimum atomic E-state index is -1.74. The third kappa shape index (κ3) is 6.46. The first-order valence-corrected chi connectivity index (χ1v) is 13.5. The molecule has 0 radical (unpaired) electrons. The molecule has 1 fully saturated rings. The first kappa shape index (κ1) is 27.4. The molecule has 6 nitrogen and oxygen atoms in total. The van der Waals surface area contributed by atoms with Crippen LogP contribution in [0, 0.1) is 24.6 Å². The van der Waals surface area contributed by atoms with Crippen molar-refractivity contribution in [3.63, 3.8) is 0 Å². The van der Waals surface area contributed by atoms with Gasteiger partial charge in [-0.15, -0.1) is 0 Å². The molecule has 0 saturated carbocycles. The van der Waals surface area contributed by atoms with E-state index in [1.807, 2.05) is 35.6 Å². The van der Waals surface area contributed by atoms with Gasteiger partial charge >= 0.3 is 0 Å². The van der Waals surface area contributed by atoms with Crippen molar-refractivity contribution in [1.29, 1.82) is 0 Å². The van der Waals surface area contributed by atoms with Gasteiger partial charge in [-0.25, -0.2) is 13.2 Å². The highest BCUT2D eigenvalue weighted by Gasteiger charge is 2.36. The standard InChI is InChI=1S/C25H15F3I2N2O4S/c26-15-6-7-18(22(28)21(15)27)31-20(33)11-32-24(34)19(37-25(32)35)10-14-8-16(29)23(17(30)9-14)36-12-13-4-2-1-3-5-13/h1-10H,11-12H2,(H,31,33)/b19-10+. The van der Waals surface area contributed by atoms with Crippen molar-refractivity contribution in [2.24, 2.45) is 0 Å². The largest absolute Gasteiger partial charge is 0.487 e. The molecule has 1 aliphatic heterocycles. The topological polar surface area (TPSA) is 75.7 Å². The number of carbonyl (C=O) groups excluding carboxylic acids is 3. The van der Waals surface area contributed by atoms with E-state index < -0.39 is 46.7 Å². The third-order valence-electron chi connectivity index (χ3n) is 5.03. The van der Waals surface area contributed by atoms with Crippen LogP contribution < -0.4 is 10.1 Å². The number of hydrogen-bond donors (Lipinski definition) is 1. The van der Waals surface area contributed by atoms with Gasteiger partial charge < -0.3 is 10.1 Å². The quantitative estimate of drug-likeness (QED) is 0.168. The lowest BCUT2D eigenvalue weighted by Crippen LogP contribution is -2.36. The van der Waals surface area contributed by atoms with Gasteiger partial charge in [0, 0.05) is 0 Å². The van der Waals surface area contributed by atoms with Gasteiger partial charge in [-0.2, -0.15) is 0 Å². The van der Waals surface area contributed by atoms with Crippen molar-refractivity contribution in [1.82, 2.24) is 4.90 Å². The van der Waals surface area contributed by atoms with E-state index in [1.165, 1.54) is 6.08 Å². The Hall–Kier alpha value is -2.59. The molecular weight excluding hydrogens is 735 g/mol. The summed E-state index contributed by atoms with van der Waals surface area (Å²) in [4.78, 5) is 38.3. The van der Waals surface area contributed by atoms with E-state index in [1.54, 1.807) is 12.1 Å². The van der Waals surface area contributed by atoms with Crippen LogP contribution in [-0.4, -0.2) is 28.5 Å². The predicted molar refractivity (Wildman–Crippen MR) is 150 cm³/mol. The summed E-state index contributed by atoms with van der Waals surface area (Å²) < 4.78 is 47.9. The van der Waals surface area contributed by atoms with Crippen molar-refractivity contribution in [2.45, 2.75) is 6.61 Å². The fourth-order valence-corrected chi connectivity index (χ4v) is 6.24. The number of halogens is 5. The zero-order chi connectivity index (χ0) is 26.7. The van der Waals surface area contributed by atoms with Crippen LogP contribution in [0.1, 0.15) is 11.1 Å². The molecule has 0 aromatic heterocycles. The lowest BCUT2D eigenvalue weighted by molar-refractivity contribution is -0.127. The Morgan fingerprint density at radius 3 is 2.35 bits per heavy atom. The number of hydrogen-bond acceptors (Lipinski definition) is 5. The molecule has 0 bridgehead atoms. The lowest BCUT2D eigenvalue weighted by Gasteiger charge is -2.13. The molecule has 3 aromatic carbocycles. The van der Waals surface area contributed by atoms with Gasteiger partial charge in [0.15, 0.2) is 17.5 Å². The fraction of sp³-hybridized carbons (Fsp3) is 0.0800. The van der Waals surface area contributed by atoms with Crippen LogP contribution in [0.3, 0.4) is 0 Å². The number of rotatable bonds is 7. The molecule has 190 valence electrons. The zero-order valence-corrected chi connectivity index (χ0v) is 23.7. The van der Waals surface area contributed by atoms with Crippen molar-refractivity contribution in [3.05, 3.63) is 95.2 Å². The summed E-state index contributed by atoms with van der Waals surface area (Å²) >= 11 is 4.91. The van der Waals surface area contributed by atoms with Gasteiger partial charge in [0.05, 0.1) is 17.7 Å². The molecule has 37 heavy (non-hydrogen) atoms. The molecule has 12 heteroatoms. The van der Waals surface area contributed by atoms with Crippen LogP contribution in [0.5, 0.6) is 5.75 Å². The number of amides is 3. The van der Waals surface area contributed by atoms with Crippen molar-refractivity contribution < 1.29 is 32.3 Å². The second-order valence-corrected chi connectivity index (χ2v) is 10.9. The number of ether oxygens (including phenoxy) is 1. The molecule has 0 unspecified atom stereocenters. The number of anilines is 1. The van der Waals surface area contributed by atoms with Crippen LogP contribution in [0.2, 0.25) is 0 Å². The molecule has 0 atom stereocenters. The van der Waals surface area contributed by atoms with E-state index in [4.69, 9.17) is 4.74 Å². The van der Waals surface area contributed by atoms with E-state index in [0.717, 1.165) is 18.8 Å². The number of nitrogens with zero attached hydrogens (tertiary/aromatic N) is 1. The molecule has 1 aliphatic rings. The highest BCUT2D eigenvalue weighted by atomic mass is 127. The highest BCUT2D eigenvalue weighted by Crippen LogP contribution is 2.35. The number of imide groups is 1. The summed E-state index contributed by atoms with van der Waals surface area (Å²) in [7, 11) is 0. The normalized spacial score (nSPS) is 14.4. The van der Waals surface area contributed by atoms with Crippen LogP contribution in [0.4, 0.5) is 23.7 Å². The first-order chi connectivity index (χ1) is 17.6.